The van der Waals surface area contributed by atoms with Crippen molar-refractivity contribution in [3.63, 3.8) is 0 Å². The molecular weight excluding hydrogens is 390 g/mol. The van der Waals surface area contributed by atoms with Crippen LogP contribution in [-0.4, -0.2) is 33.3 Å². The molecule has 0 radical (unpaired) electrons. The molecule has 0 saturated heterocycles. The smallest absolute Gasteiger partial charge is 0.335 e. The Morgan fingerprint density at radius 1 is 1.16 bits per heavy atom. The Kier molecular flexibility index (Phi) is 5.87. The molecule has 1 N–H and O–H groups in total. The van der Waals surface area contributed by atoms with Crippen molar-refractivity contribution < 1.29 is 21.3 Å². The summed E-state index contributed by atoms with van der Waals surface area (Å²) >= 11 is 5.78. The van der Waals surface area contributed by atoms with Crippen LogP contribution in [0.2, 0.25) is 5.02 Å². The maximum atomic E-state index is 12.6. The Morgan fingerprint density at radius 2 is 1.76 bits per heavy atom. The van der Waals surface area contributed by atoms with Gasteiger partial charge in [0.15, 0.2) is 0 Å². The number of halogens is 1. The van der Waals surface area contributed by atoms with Gasteiger partial charge in [0.05, 0.1) is 4.90 Å². The van der Waals surface area contributed by atoms with Gasteiger partial charge in [-0.15, -0.1) is 5.10 Å². The van der Waals surface area contributed by atoms with Crippen LogP contribution >= 0.6 is 11.6 Å². The minimum Gasteiger partial charge on any atom is -0.411 e. The van der Waals surface area contributed by atoms with Crippen molar-refractivity contribution in [2.24, 2.45) is 5.92 Å². The molecule has 1 aromatic heterocycles. The number of hydrogen-bond acceptors (Lipinski definition) is 7. The number of benzene rings is 1. The normalized spacial score (nSPS) is 15.0. The summed E-state index contributed by atoms with van der Waals surface area (Å²) in [5, 5.41) is 7.04. The van der Waals surface area contributed by atoms with Gasteiger partial charge in [0.1, 0.15) is 6.04 Å². The third-order valence-electron chi connectivity index (χ3n) is 3.62. The van der Waals surface area contributed by atoms with Gasteiger partial charge in [-0.25, -0.2) is 16.8 Å². The zero-order valence-corrected chi connectivity index (χ0v) is 16.2. The summed E-state index contributed by atoms with van der Waals surface area (Å²) < 4.78 is 55.9. The Labute approximate surface area is 151 Å². The van der Waals surface area contributed by atoms with E-state index < -0.39 is 31.1 Å². The zero-order chi connectivity index (χ0) is 18.8. The van der Waals surface area contributed by atoms with Gasteiger partial charge >= 0.3 is 5.22 Å². The van der Waals surface area contributed by atoms with E-state index in [4.69, 9.17) is 16.0 Å². The fraction of sp³-hybridized carbons (Fsp3) is 0.429. The molecule has 1 aromatic carbocycles. The topological polar surface area (TPSA) is 119 Å². The molecule has 0 aliphatic heterocycles. The third-order valence-corrected chi connectivity index (χ3v) is 6.13. The summed E-state index contributed by atoms with van der Waals surface area (Å²) in [6.45, 7) is 3.65. The lowest BCUT2D eigenvalue weighted by molar-refractivity contribution is 0.312. The second kappa shape index (κ2) is 7.40. The molecule has 0 aliphatic rings. The van der Waals surface area contributed by atoms with Crippen LogP contribution in [0, 0.1) is 5.92 Å². The average molecular weight is 408 g/mol. The van der Waals surface area contributed by atoms with Crippen molar-refractivity contribution in [3.8, 4) is 0 Å². The van der Waals surface area contributed by atoms with Gasteiger partial charge in [0.25, 0.3) is 0 Å². The highest BCUT2D eigenvalue weighted by Gasteiger charge is 2.31. The first kappa shape index (κ1) is 19.8. The van der Waals surface area contributed by atoms with Gasteiger partial charge in [-0.1, -0.05) is 37.0 Å². The Morgan fingerprint density at radius 3 is 2.24 bits per heavy atom. The van der Waals surface area contributed by atoms with Crippen molar-refractivity contribution in [1.29, 1.82) is 0 Å². The third kappa shape index (κ3) is 4.78. The van der Waals surface area contributed by atoms with Gasteiger partial charge in [-0.05, 0) is 30.2 Å². The summed E-state index contributed by atoms with van der Waals surface area (Å²) in [4.78, 5) is 0.0213. The molecule has 8 nitrogen and oxygen atoms in total. The molecule has 2 rings (SSSR count). The van der Waals surface area contributed by atoms with Gasteiger partial charge in [0, 0.05) is 11.3 Å². The molecule has 0 amide bonds. The molecule has 1 heterocycles. The molecule has 0 fully saturated rings. The first-order valence-electron chi connectivity index (χ1n) is 7.36. The molecule has 25 heavy (non-hydrogen) atoms. The molecule has 0 spiro atoms. The lowest BCUT2D eigenvalue weighted by Gasteiger charge is -2.20. The van der Waals surface area contributed by atoms with E-state index in [1.54, 1.807) is 6.92 Å². The predicted octanol–water partition coefficient (Wildman–Crippen LogP) is 2.19. The van der Waals surface area contributed by atoms with E-state index in [9.17, 15) is 16.8 Å². The number of sulfonamides is 1. The Bertz CT molecular complexity index is 939. The maximum absolute atomic E-state index is 12.6. The molecule has 0 unspecified atom stereocenters. The average Bonchev–Trinajstić information content (AvgIpc) is 3.02. The lowest BCUT2D eigenvalue weighted by atomic mass is 10.0. The monoisotopic (exact) mass is 407 g/mol. The SMILES string of the molecule is CC[C@@H](C)[C@H](NS(=O)(=O)c1ccc(Cl)cc1)c1nnc(S(C)(=O)=O)o1. The quantitative estimate of drug-likeness (QED) is 0.746. The van der Waals surface area contributed by atoms with Crippen LogP contribution in [0.5, 0.6) is 0 Å². The minimum absolute atomic E-state index is 0.0213. The van der Waals surface area contributed by atoms with E-state index in [1.165, 1.54) is 24.3 Å². The first-order valence-corrected chi connectivity index (χ1v) is 11.1. The standard InChI is InChI=1S/C14H18ClN3O5S2/c1-4-9(2)12(13-16-17-14(23-13)24(3,19)20)18-25(21,22)11-7-5-10(15)6-8-11/h5-9,12,18H,4H2,1-3H3/t9-,12+/m1/s1. The summed E-state index contributed by atoms with van der Waals surface area (Å²) in [6, 6.07) is 4.79. The number of sulfone groups is 1. The van der Waals surface area contributed by atoms with E-state index in [-0.39, 0.29) is 16.7 Å². The molecule has 0 saturated carbocycles. The van der Waals surface area contributed by atoms with Crippen molar-refractivity contribution in [1.82, 2.24) is 14.9 Å². The maximum Gasteiger partial charge on any atom is 0.335 e. The molecule has 11 heteroatoms. The van der Waals surface area contributed by atoms with Gasteiger partial charge in [-0.3, -0.25) is 0 Å². The first-order chi connectivity index (χ1) is 11.5. The second-order valence-electron chi connectivity index (χ2n) is 5.62. The highest BCUT2D eigenvalue weighted by Crippen LogP contribution is 2.27. The summed E-state index contributed by atoms with van der Waals surface area (Å²) in [6.07, 6.45) is 1.53. The molecule has 0 bridgehead atoms. The lowest BCUT2D eigenvalue weighted by Crippen LogP contribution is -2.32. The molecular formula is C14H18ClN3O5S2. The fourth-order valence-corrected chi connectivity index (χ4v) is 3.84. The number of nitrogens with one attached hydrogen (secondary N) is 1. The fourth-order valence-electron chi connectivity index (χ4n) is 1.99. The van der Waals surface area contributed by atoms with Crippen LogP contribution in [0.1, 0.15) is 32.2 Å². The zero-order valence-electron chi connectivity index (χ0n) is 13.8. The second-order valence-corrected chi connectivity index (χ2v) is 9.66. The Balaban J connectivity index is 2.38. The van der Waals surface area contributed by atoms with Crippen molar-refractivity contribution >= 4 is 31.5 Å². The predicted molar refractivity (Wildman–Crippen MR) is 91.4 cm³/mol. The summed E-state index contributed by atoms with van der Waals surface area (Å²) in [7, 11) is -7.57. The van der Waals surface area contributed by atoms with E-state index in [0.717, 1.165) is 6.26 Å². The highest BCUT2D eigenvalue weighted by molar-refractivity contribution is 7.90. The van der Waals surface area contributed by atoms with E-state index in [0.29, 0.717) is 11.4 Å². The van der Waals surface area contributed by atoms with Crippen LogP contribution in [-0.2, 0) is 19.9 Å². The number of hydrogen-bond donors (Lipinski definition) is 1. The number of rotatable bonds is 7. The van der Waals surface area contributed by atoms with Crippen molar-refractivity contribution in [2.45, 2.75) is 36.4 Å². The highest BCUT2D eigenvalue weighted by atomic mass is 35.5. The molecule has 2 atom stereocenters. The number of aromatic nitrogens is 2. The van der Waals surface area contributed by atoms with Gasteiger partial charge < -0.3 is 4.42 Å². The van der Waals surface area contributed by atoms with Crippen LogP contribution < -0.4 is 4.72 Å². The van der Waals surface area contributed by atoms with Crippen molar-refractivity contribution in [3.05, 3.63) is 35.2 Å². The minimum atomic E-state index is -3.89. The summed E-state index contributed by atoms with van der Waals surface area (Å²) in [5.41, 5.74) is 0. The van der Waals surface area contributed by atoms with Gasteiger partial charge in [-0.2, -0.15) is 4.72 Å². The van der Waals surface area contributed by atoms with E-state index in [2.05, 4.69) is 14.9 Å². The number of nitrogens with zero attached hydrogens (tertiary/aromatic N) is 2. The van der Waals surface area contributed by atoms with E-state index >= 15 is 0 Å². The summed E-state index contributed by atoms with van der Waals surface area (Å²) in [5.74, 6) is -0.317. The van der Waals surface area contributed by atoms with Crippen LogP contribution in [0.4, 0.5) is 0 Å². The molecule has 0 aliphatic carbocycles. The van der Waals surface area contributed by atoms with E-state index in [1.807, 2.05) is 6.92 Å². The van der Waals surface area contributed by atoms with Crippen LogP contribution in [0.15, 0.2) is 38.8 Å². The molecule has 2 aromatic rings. The Hall–Kier alpha value is -1.49. The van der Waals surface area contributed by atoms with Crippen LogP contribution in [0.25, 0.3) is 0 Å². The van der Waals surface area contributed by atoms with Gasteiger partial charge in [0.2, 0.25) is 25.8 Å². The van der Waals surface area contributed by atoms with Crippen LogP contribution in [0.3, 0.4) is 0 Å². The largest absolute Gasteiger partial charge is 0.411 e. The van der Waals surface area contributed by atoms with Crippen molar-refractivity contribution in [2.75, 3.05) is 6.26 Å². The molecule has 138 valence electrons.